The number of aliphatic hydroxyl groups is 1. The average molecular weight is 186 g/mol. The molecule has 1 aliphatic heterocycles. The first-order valence-corrected chi connectivity index (χ1v) is 4.69. The number of hydrogen-bond acceptors (Lipinski definition) is 3. The fourth-order valence-electron chi connectivity index (χ4n) is 1.66. The van der Waals surface area contributed by atoms with Crippen LogP contribution >= 0.6 is 0 Å². The second kappa shape index (κ2) is 4.07. The molecule has 1 saturated heterocycles. The van der Waals surface area contributed by atoms with Crippen LogP contribution in [0.4, 0.5) is 0 Å². The zero-order chi connectivity index (χ0) is 9.90. The number of nitrogens with one attached hydrogen (secondary N) is 1. The summed E-state index contributed by atoms with van der Waals surface area (Å²) in [4.78, 5) is 13.0. The standard InChI is InChI=1S/C9H18N2O2/c1-9(13)6-11(7-9)5-3-4-8(12)10-2/h13H,3-7H2,1-2H3,(H,10,12). The van der Waals surface area contributed by atoms with Gasteiger partial charge in [-0.25, -0.2) is 0 Å². The molecule has 2 N–H and O–H groups in total. The third-order valence-electron chi connectivity index (χ3n) is 2.29. The van der Waals surface area contributed by atoms with Crippen LogP contribution in [0.15, 0.2) is 0 Å². The Labute approximate surface area is 78.9 Å². The summed E-state index contributed by atoms with van der Waals surface area (Å²) in [5.74, 6) is 0.0901. The fraction of sp³-hybridized carbons (Fsp3) is 0.889. The first-order valence-electron chi connectivity index (χ1n) is 4.69. The van der Waals surface area contributed by atoms with Gasteiger partial charge in [0.25, 0.3) is 0 Å². The number of rotatable bonds is 4. The molecule has 1 fully saturated rings. The van der Waals surface area contributed by atoms with E-state index in [0.717, 1.165) is 26.1 Å². The molecule has 0 unspecified atom stereocenters. The summed E-state index contributed by atoms with van der Waals surface area (Å²) < 4.78 is 0. The maximum atomic E-state index is 10.8. The van der Waals surface area contributed by atoms with E-state index in [9.17, 15) is 9.90 Å². The van der Waals surface area contributed by atoms with Gasteiger partial charge in [0.05, 0.1) is 5.60 Å². The number of carbonyl (C=O) groups is 1. The second-order valence-electron chi connectivity index (χ2n) is 3.98. The maximum Gasteiger partial charge on any atom is 0.219 e. The summed E-state index contributed by atoms with van der Waals surface area (Å²) in [7, 11) is 1.65. The van der Waals surface area contributed by atoms with E-state index in [1.165, 1.54) is 0 Å². The Morgan fingerprint density at radius 2 is 2.23 bits per heavy atom. The van der Waals surface area contributed by atoms with Gasteiger partial charge in [-0.15, -0.1) is 0 Å². The molecule has 0 bridgehead atoms. The largest absolute Gasteiger partial charge is 0.388 e. The lowest BCUT2D eigenvalue weighted by Gasteiger charge is -2.44. The molecule has 1 aliphatic rings. The summed E-state index contributed by atoms with van der Waals surface area (Å²) in [6.07, 6.45) is 1.45. The molecule has 0 aliphatic carbocycles. The average Bonchev–Trinajstić information content (AvgIpc) is 2.00. The van der Waals surface area contributed by atoms with E-state index in [1.807, 2.05) is 6.92 Å². The Hall–Kier alpha value is -0.610. The number of β-amino-alcohol motifs (C(OH)–C–C–N with tert-alkyl or cyclic N) is 1. The Balaban J connectivity index is 2.00. The van der Waals surface area contributed by atoms with E-state index >= 15 is 0 Å². The van der Waals surface area contributed by atoms with Gasteiger partial charge in [0.2, 0.25) is 5.91 Å². The second-order valence-corrected chi connectivity index (χ2v) is 3.98. The molecule has 4 nitrogen and oxygen atoms in total. The maximum absolute atomic E-state index is 10.8. The highest BCUT2D eigenvalue weighted by atomic mass is 16.3. The van der Waals surface area contributed by atoms with Crippen molar-refractivity contribution < 1.29 is 9.90 Å². The number of hydrogen-bond donors (Lipinski definition) is 2. The number of likely N-dealkylation sites (tertiary alicyclic amines) is 1. The van der Waals surface area contributed by atoms with Crippen molar-refractivity contribution in [1.82, 2.24) is 10.2 Å². The van der Waals surface area contributed by atoms with Gasteiger partial charge in [0, 0.05) is 26.6 Å². The highest BCUT2D eigenvalue weighted by Crippen LogP contribution is 2.19. The topological polar surface area (TPSA) is 52.6 Å². The van der Waals surface area contributed by atoms with Crippen molar-refractivity contribution >= 4 is 5.91 Å². The normalized spacial score (nSPS) is 20.8. The molecule has 13 heavy (non-hydrogen) atoms. The molecule has 1 amide bonds. The number of carbonyl (C=O) groups excluding carboxylic acids is 1. The molecular formula is C9H18N2O2. The molecule has 1 heterocycles. The van der Waals surface area contributed by atoms with Crippen LogP contribution in [0.5, 0.6) is 0 Å². The van der Waals surface area contributed by atoms with Gasteiger partial charge in [-0.2, -0.15) is 0 Å². The minimum atomic E-state index is -0.493. The zero-order valence-corrected chi connectivity index (χ0v) is 8.34. The molecule has 4 heteroatoms. The Morgan fingerprint density at radius 1 is 1.62 bits per heavy atom. The molecule has 0 aromatic heterocycles. The predicted octanol–water partition coefficient (Wildman–Crippen LogP) is -0.421. The molecule has 0 aromatic carbocycles. The number of amides is 1. The van der Waals surface area contributed by atoms with Gasteiger partial charge in [0.15, 0.2) is 0 Å². The SMILES string of the molecule is CNC(=O)CCCN1CC(C)(O)C1. The molecule has 0 spiro atoms. The minimum Gasteiger partial charge on any atom is -0.388 e. The van der Waals surface area contributed by atoms with E-state index in [0.29, 0.717) is 6.42 Å². The van der Waals surface area contributed by atoms with Crippen LogP contribution in [-0.4, -0.2) is 48.2 Å². The molecule has 0 aromatic rings. The Kier molecular flexibility index (Phi) is 3.27. The van der Waals surface area contributed by atoms with E-state index in [-0.39, 0.29) is 5.91 Å². The third-order valence-corrected chi connectivity index (χ3v) is 2.29. The van der Waals surface area contributed by atoms with Gasteiger partial charge in [0.1, 0.15) is 0 Å². The summed E-state index contributed by atoms with van der Waals surface area (Å²) in [6.45, 7) is 4.22. The fourth-order valence-corrected chi connectivity index (χ4v) is 1.66. The van der Waals surface area contributed by atoms with Gasteiger partial charge in [-0.3, -0.25) is 9.69 Å². The summed E-state index contributed by atoms with van der Waals surface area (Å²) in [5, 5.41) is 12.0. The Morgan fingerprint density at radius 3 is 2.69 bits per heavy atom. The van der Waals surface area contributed by atoms with Crippen molar-refractivity contribution in [2.75, 3.05) is 26.7 Å². The van der Waals surface area contributed by atoms with Crippen LogP contribution in [0.25, 0.3) is 0 Å². The first-order chi connectivity index (χ1) is 6.03. The summed E-state index contributed by atoms with van der Waals surface area (Å²) >= 11 is 0. The van der Waals surface area contributed by atoms with Crippen LogP contribution in [0.3, 0.4) is 0 Å². The molecular weight excluding hydrogens is 168 g/mol. The van der Waals surface area contributed by atoms with Crippen LogP contribution in [0.1, 0.15) is 19.8 Å². The van der Waals surface area contributed by atoms with Gasteiger partial charge >= 0.3 is 0 Å². The van der Waals surface area contributed by atoms with Crippen molar-refractivity contribution in [3.63, 3.8) is 0 Å². The zero-order valence-electron chi connectivity index (χ0n) is 8.34. The minimum absolute atomic E-state index is 0.0901. The number of nitrogens with zero attached hydrogens (tertiary/aromatic N) is 1. The van der Waals surface area contributed by atoms with Crippen LogP contribution < -0.4 is 5.32 Å². The smallest absolute Gasteiger partial charge is 0.219 e. The third kappa shape index (κ3) is 3.32. The van der Waals surface area contributed by atoms with Gasteiger partial charge in [-0.05, 0) is 19.9 Å². The van der Waals surface area contributed by atoms with Gasteiger partial charge < -0.3 is 10.4 Å². The van der Waals surface area contributed by atoms with Crippen molar-refractivity contribution in [2.45, 2.75) is 25.4 Å². The van der Waals surface area contributed by atoms with E-state index in [2.05, 4.69) is 10.2 Å². The van der Waals surface area contributed by atoms with Crippen molar-refractivity contribution in [3.05, 3.63) is 0 Å². The van der Waals surface area contributed by atoms with Crippen molar-refractivity contribution in [2.24, 2.45) is 0 Å². The van der Waals surface area contributed by atoms with Crippen LogP contribution in [0, 0.1) is 0 Å². The monoisotopic (exact) mass is 186 g/mol. The quantitative estimate of drug-likeness (QED) is 0.627. The lowest BCUT2D eigenvalue weighted by Crippen LogP contribution is -2.59. The van der Waals surface area contributed by atoms with Crippen LogP contribution in [0.2, 0.25) is 0 Å². The molecule has 0 radical (unpaired) electrons. The van der Waals surface area contributed by atoms with Crippen LogP contribution in [-0.2, 0) is 4.79 Å². The molecule has 0 saturated carbocycles. The molecule has 0 atom stereocenters. The van der Waals surface area contributed by atoms with E-state index in [1.54, 1.807) is 7.05 Å². The summed E-state index contributed by atoms with van der Waals surface area (Å²) in [5.41, 5.74) is -0.493. The molecule has 76 valence electrons. The van der Waals surface area contributed by atoms with E-state index in [4.69, 9.17) is 0 Å². The molecule has 1 rings (SSSR count). The lowest BCUT2D eigenvalue weighted by atomic mass is 9.97. The first kappa shape index (κ1) is 10.5. The highest BCUT2D eigenvalue weighted by Gasteiger charge is 2.35. The predicted molar refractivity (Wildman–Crippen MR) is 50.4 cm³/mol. The van der Waals surface area contributed by atoms with Crippen molar-refractivity contribution in [3.8, 4) is 0 Å². The van der Waals surface area contributed by atoms with Gasteiger partial charge in [-0.1, -0.05) is 0 Å². The lowest BCUT2D eigenvalue weighted by molar-refractivity contribution is -0.121. The summed E-state index contributed by atoms with van der Waals surface area (Å²) in [6, 6.07) is 0. The highest BCUT2D eigenvalue weighted by molar-refractivity contribution is 5.75. The van der Waals surface area contributed by atoms with Crippen molar-refractivity contribution in [1.29, 1.82) is 0 Å². The Bertz CT molecular complexity index is 184. The van der Waals surface area contributed by atoms with E-state index < -0.39 is 5.60 Å².